The van der Waals surface area contributed by atoms with Gasteiger partial charge in [0.15, 0.2) is 6.10 Å². The van der Waals surface area contributed by atoms with Crippen molar-refractivity contribution in [3.63, 3.8) is 0 Å². The summed E-state index contributed by atoms with van der Waals surface area (Å²) in [7, 11) is -3.92. The van der Waals surface area contributed by atoms with Crippen molar-refractivity contribution in [3.05, 3.63) is 53.6 Å². The minimum atomic E-state index is -3.92. The summed E-state index contributed by atoms with van der Waals surface area (Å²) in [6.07, 6.45) is 2.01. The van der Waals surface area contributed by atoms with Crippen molar-refractivity contribution in [2.45, 2.75) is 56.6 Å². The highest BCUT2D eigenvalue weighted by molar-refractivity contribution is 7.89. The van der Waals surface area contributed by atoms with Gasteiger partial charge in [-0.25, -0.2) is 8.42 Å². The number of carbonyl (C=O) groups excluding carboxylic acids is 2. The maximum absolute atomic E-state index is 13.5. The minimum Gasteiger partial charge on any atom is -0.479 e. The first-order valence-corrected chi connectivity index (χ1v) is 12.7. The van der Waals surface area contributed by atoms with Crippen molar-refractivity contribution >= 4 is 27.5 Å². The number of hydrogen-bond acceptors (Lipinski definition) is 5. The fourth-order valence-corrected chi connectivity index (χ4v) is 6.18. The zero-order valence-electron chi connectivity index (χ0n) is 18.8. The summed E-state index contributed by atoms with van der Waals surface area (Å²) >= 11 is 0. The molecule has 0 spiro atoms. The minimum absolute atomic E-state index is 0.0911. The zero-order chi connectivity index (χ0) is 23.6. The quantitative estimate of drug-likeness (QED) is 0.604. The van der Waals surface area contributed by atoms with Crippen LogP contribution in [0.1, 0.15) is 37.3 Å². The lowest BCUT2D eigenvalue weighted by Crippen LogP contribution is -2.46. The second-order valence-corrected chi connectivity index (χ2v) is 10.4. The molecular weight excluding hydrogens is 442 g/mol. The average molecular weight is 472 g/mol. The lowest BCUT2D eigenvalue weighted by molar-refractivity contribution is -0.124. The molecule has 2 aromatic carbocycles. The SMILES string of the molecule is Cc1cc2c(cc1S(=O)(=O)N1CCC[C@H]1C(=O)NCCCc1ccccc1)O[C@H](C)C(=O)N2. The number of nitrogens with zero attached hydrogens (tertiary/aromatic N) is 1. The average Bonchev–Trinajstić information content (AvgIpc) is 3.29. The molecule has 176 valence electrons. The Bertz CT molecular complexity index is 1150. The van der Waals surface area contributed by atoms with Crippen LogP contribution in [0.4, 0.5) is 5.69 Å². The van der Waals surface area contributed by atoms with E-state index in [0.29, 0.717) is 36.4 Å². The smallest absolute Gasteiger partial charge is 0.265 e. The molecule has 33 heavy (non-hydrogen) atoms. The van der Waals surface area contributed by atoms with Crippen molar-refractivity contribution in [3.8, 4) is 5.75 Å². The fourth-order valence-electron chi connectivity index (χ4n) is 4.30. The third-order valence-corrected chi connectivity index (χ3v) is 8.14. The molecule has 2 aliphatic heterocycles. The molecule has 2 N–H and O–H groups in total. The van der Waals surface area contributed by atoms with E-state index in [1.165, 1.54) is 15.9 Å². The summed E-state index contributed by atoms with van der Waals surface area (Å²) in [6, 6.07) is 12.3. The fraction of sp³-hybridized carbons (Fsp3) is 0.417. The van der Waals surface area contributed by atoms with Crippen LogP contribution in [0.3, 0.4) is 0 Å². The molecule has 2 atom stereocenters. The Kier molecular flexibility index (Phi) is 6.71. The van der Waals surface area contributed by atoms with Crippen LogP contribution in [-0.2, 0) is 26.0 Å². The molecule has 2 aromatic rings. The van der Waals surface area contributed by atoms with Gasteiger partial charge in [-0.15, -0.1) is 0 Å². The van der Waals surface area contributed by atoms with Crippen LogP contribution >= 0.6 is 0 Å². The Balaban J connectivity index is 1.45. The molecule has 0 unspecified atom stereocenters. The molecule has 0 aliphatic carbocycles. The predicted molar refractivity (Wildman–Crippen MR) is 125 cm³/mol. The number of hydrogen-bond donors (Lipinski definition) is 2. The third kappa shape index (κ3) is 4.89. The number of sulfonamides is 1. The van der Waals surface area contributed by atoms with Gasteiger partial charge in [0.25, 0.3) is 5.91 Å². The number of carbonyl (C=O) groups is 2. The van der Waals surface area contributed by atoms with Crippen LogP contribution in [-0.4, -0.2) is 49.8 Å². The van der Waals surface area contributed by atoms with Gasteiger partial charge in [-0.05, 0) is 56.7 Å². The Labute approximate surface area is 194 Å². The van der Waals surface area contributed by atoms with E-state index in [1.54, 1.807) is 19.9 Å². The highest BCUT2D eigenvalue weighted by atomic mass is 32.2. The number of aryl methyl sites for hydroxylation is 2. The summed E-state index contributed by atoms with van der Waals surface area (Å²) in [5.41, 5.74) is 2.14. The van der Waals surface area contributed by atoms with Crippen molar-refractivity contribution in [2.24, 2.45) is 0 Å². The monoisotopic (exact) mass is 471 g/mol. The molecule has 4 rings (SSSR count). The van der Waals surface area contributed by atoms with Crippen LogP contribution in [0, 0.1) is 6.92 Å². The molecule has 1 saturated heterocycles. The van der Waals surface area contributed by atoms with Gasteiger partial charge in [-0.2, -0.15) is 4.31 Å². The highest BCUT2D eigenvalue weighted by Gasteiger charge is 2.40. The first kappa shape index (κ1) is 23.3. The van der Waals surface area contributed by atoms with Gasteiger partial charge in [0.1, 0.15) is 11.8 Å². The predicted octanol–water partition coefficient (Wildman–Crippen LogP) is 2.62. The van der Waals surface area contributed by atoms with Crippen LogP contribution in [0.5, 0.6) is 5.75 Å². The molecule has 1 fully saturated rings. The Morgan fingerprint density at radius 3 is 2.76 bits per heavy atom. The van der Waals surface area contributed by atoms with Crippen LogP contribution in [0.2, 0.25) is 0 Å². The number of nitrogens with one attached hydrogen (secondary N) is 2. The van der Waals surface area contributed by atoms with E-state index in [4.69, 9.17) is 4.74 Å². The number of amides is 2. The summed E-state index contributed by atoms with van der Waals surface area (Å²) in [6.45, 7) is 4.05. The molecule has 9 heteroatoms. The van der Waals surface area contributed by atoms with Gasteiger partial charge in [0, 0.05) is 19.2 Å². The van der Waals surface area contributed by atoms with E-state index in [0.717, 1.165) is 12.8 Å². The van der Waals surface area contributed by atoms with Gasteiger partial charge >= 0.3 is 0 Å². The van der Waals surface area contributed by atoms with Crippen molar-refractivity contribution < 1.29 is 22.7 Å². The zero-order valence-corrected chi connectivity index (χ0v) is 19.7. The molecular formula is C24H29N3O5S. The van der Waals surface area contributed by atoms with Crippen molar-refractivity contribution in [1.29, 1.82) is 0 Å². The van der Waals surface area contributed by atoms with E-state index in [1.807, 2.05) is 30.3 Å². The van der Waals surface area contributed by atoms with E-state index in [-0.39, 0.29) is 23.3 Å². The topological polar surface area (TPSA) is 105 Å². The summed E-state index contributed by atoms with van der Waals surface area (Å²) in [5, 5.41) is 5.64. The molecule has 2 heterocycles. The highest BCUT2D eigenvalue weighted by Crippen LogP contribution is 2.36. The Morgan fingerprint density at radius 1 is 1.24 bits per heavy atom. The summed E-state index contributed by atoms with van der Waals surface area (Å²) in [5.74, 6) is -0.231. The normalized spacial score (nSPS) is 20.6. The maximum Gasteiger partial charge on any atom is 0.265 e. The number of rotatable bonds is 7. The summed E-state index contributed by atoms with van der Waals surface area (Å²) < 4.78 is 33.9. The first-order chi connectivity index (χ1) is 15.8. The molecule has 0 aromatic heterocycles. The van der Waals surface area contributed by atoms with Gasteiger partial charge in [-0.3, -0.25) is 9.59 Å². The van der Waals surface area contributed by atoms with Gasteiger partial charge < -0.3 is 15.4 Å². The van der Waals surface area contributed by atoms with Gasteiger partial charge in [0.2, 0.25) is 15.9 Å². The van der Waals surface area contributed by atoms with Crippen molar-refractivity contribution in [2.75, 3.05) is 18.4 Å². The molecule has 0 bridgehead atoms. The molecule has 0 saturated carbocycles. The molecule has 2 amide bonds. The van der Waals surface area contributed by atoms with Gasteiger partial charge in [0.05, 0.1) is 10.6 Å². The second-order valence-electron chi connectivity index (χ2n) is 8.52. The molecule has 0 radical (unpaired) electrons. The summed E-state index contributed by atoms with van der Waals surface area (Å²) in [4.78, 5) is 24.8. The lowest BCUT2D eigenvalue weighted by atomic mass is 10.1. The Hall–Kier alpha value is -2.91. The second kappa shape index (κ2) is 9.52. The molecule has 8 nitrogen and oxygen atoms in total. The number of ether oxygens (including phenoxy) is 1. The maximum atomic E-state index is 13.5. The van der Waals surface area contributed by atoms with E-state index >= 15 is 0 Å². The van der Waals surface area contributed by atoms with E-state index < -0.39 is 22.2 Å². The van der Waals surface area contributed by atoms with Crippen molar-refractivity contribution in [1.82, 2.24) is 9.62 Å². The largest absolute Gasteiger partial charge is 0.479 e. The number of benzene rings is 2. The number of fused-ring (bicyclic) bond motifs is 1. The van der Waals surface area contributed by atoms with Crippen LogP contribution in [0.25, 0.3) is 0 Å². The standard InChI is InChI=1S/C24H29N3O5S/c1-16-14-19-21(32-17(2)23(28)26-19)15-22(16)33(30,31)27-13-7-11-20(27)24(29)25-12-6-10-18-8-4-3-5-9-18/h3-5,8-9,14-15,17,20H,6-7,10-13H2,1-2H3,(H,25,29)(H,26,28)/t17-,20+/m1/s1. The van der Waals surface area contributed by atoms with Crippen LogP contribution in [0.15, 0.2) is 47.4 Å². The molecule has 2 aliphatic rings. The number of anilines is 1. The lowest BCUT2D eigenvalue weighted by Gasteiger charge is -2.27. The Morgan fingerprint density at radius 2 is 2.00 bits per heavy atom. The third-order valence-electron chi connectivity index (χ3n) is 6.09. The van der Waals surface area contributed by atoms with E-state index in [2.05, 4.69) is 10.6 Å². The first-order valence-electron chi connectivity index (χ1n) is 11.2. The van der Waals surface area contributed by atoms with Gasteiger partial charge in [-0.1, -0.05) is 30.3 Å². The van der Waals surface area contributed by atoms with E-state index in [9.17, 15) is 18.0 Å². The van der Waals surface area contributed by atoms with Crippen LogP contribution < -0.4 is 15.4 Å².